The molecule has 0 aliphatic rings. The number of ether oxygens (including phenoxy) is 1. The molecule has 0 unspecified atom stereocenters. The van der Waals surface area contributed by atoms with Gasteiger partial charge in [0.25, 0.3) is 0 Å². The fourth-order valence-electron chi connectivity index (χ4n) is 2.66. The van der Waals surface area contributed by atoms with Gasteiger partial charge in [-0.2, -0.15) is 4.31 Å². The highest BCUT2D eigenvalue weighted by molar-refractivity contribution is 7.89. The SMILES string of the molecule is Cc1ccccc1CN(CC(=O)OC(C)(C)C)S(=O)(=O)c1c(F)c(F)c(F)c(F)c1Cl. The van der Waals surface area contributed by atoms with Crippen molar-refractivity contribution < 1.29 is 35.5 Å². The van der Waals surface area contributed by atoms with Gasteiger partial charge in [-0.3, -0.25) is 4.79 Å². The normalized spacial score (nSPS) is 12.3. The second-order valence-corrected chi connectivity index (χ2v) is 9.94. The number of hydrogen-bond donors (Lipinski definition) is 0. The summed E-state index contributed by atoms with van der Waals surface area (Å²) in [5.41, 5.74) is 0.0933. The monoisotopic (exact) mass is 481 g/mol. The van der Waals surface area contributed by atoms with E-state index < -0.39 is 67.9 Å². The number of carbonyl (C=O) groups excluding carboxylic acids is 1. The molecule has 0 saturated carbocycles. The summed E-state index contributed by atoms with van der Waals surface area (Å²) in [7, 11) is -5.11. The first kappa shape index (κ1) is 25.1. The van der Waals surface area contributed by atoms with Crippen molar-refractivity contribution in [3.05, 3.63) is 63.7 Å². The van der Waals surface area contributed by atoms with Gasteiger partial charge in [0.1, 0.15) is 22.1 Å². The van der Waals surface area contributed by atoms with Gasteiger partial charge in [0.05, 0.1) is 0 Å². The molecule has 0 fully saturated rings. The molecule has 0 N–H and O–H groups in total. The predicted molar refractivity (Wildman–Crippen MR) is 106 cm³/mol. The Labute approximate surface area is 182 Å². The van der Waals surface area contributed by atoms with E-state index in [1.807, 2.05) is 0 Å². The Balaban J connectivity index is 2.62. The minimum Gasteiger partial charge on any atom is -0.459 e. The smallest absolute Gasteiger partial charge is 0.321 e. The van der Waals surface area contributed by atoms with Crippen molar-refractivity contribution >= 4 is 27.6 Å². The fraction of sp³-hybridized carbons (Fsp3) is 0.350. The zero-order valence-corrected chi connectivity index (χ0v) is 18.7. The third-order valence-electron chi connectivity index (χ3n) is 4.10. The number of hydrogen-bond acceptors (Lipinski definition) is 4. The van der Waals surface area contributed by atoms with E-state index >= 15 is 0 Å². The van der Waals surface area contributed by atoms with Crippen LogP contribution in [0.15, 0.2) is 29.2 Å². The standard InChI is InChI=1S/C20H20ClF4NO4S/c1-11-7-5-6-8-12(11)9-26(10-13(27)30-20(2,3)4)31(28,29)19-14(21)15(22)16(23)17(24)18(19)25/h5-8H,9-10H2,1-4H3. The lowest BCUT2D eigenvalue weighted by atomic mass is 10.1. The van der Waals surface area contributed by atoms with Crippen molar-refractivity contribution in [1.82, 2.24) is 4.31 Å². The van der Waals surface area contributed by atoms with Crippen molar-refractivity contribution in [1.29, 1.82) is 0 Å². The average Bonchev–Trinajstić information content (AvgIpc) is 2.64. The van der Waals surface area contributed by atoms with Crippen molar-refractivity contribution in [2.75, 3.05) is 6.54 Å². The van der Waals surface area contributed by atoms with Crippen molar-refractivity contribution in [2.45, 2.75) is 44.7 Å². The lowest BCUT2D eigenvalue weighted by Crippen LogP contribution is -2.39. The Kier molecular flexibility index (Phi) is 7.39. The molecule has 0 saturated heterocycles. The van der Waals surface area contributed by atoms with Crippen LogP contribution in [0.3, 0.4) is 0 Å². The molecule has 0 aliphatic carbocycles. The largest absolute Gasteiger partial charge is 0.459 e. The van der Waals surface area contributed by atoms with E-state index in [-0.39, 0.29) is 0 Å². The van der Waals surface area contributed by atoms with Crippen LogP contribution in [-0.2, 0) is 26.1 Å². The quantitative estimate of drug-likeness (QED) is 0.259. The van der Waals surface area contributed by atoms with Crippen LogP contribution in [0.25, 0.3) is 0 Å². The Bertz CT molecular complexity index is 1090. The molecule has 2 aromatic carbocycles. The molecule has 0 atom stereocenters. The van der Waals surface area contributed by atoms with Gasteiger partial charge in [-0.05, 0) is 38.8 Å². The highest BCUT2D eigenvalue weighted by atomic mass is 35.5. The molecule has 0 amide bonds. The number of halogens is 5. The van der Waals surface area contributed by atoms with E-state index in [9.17, 15) is 30.8 Å². The molecule has 2 rings (SSSR count). The van der Waals surface area contributed by atoms with E-state index in [4.69, 9.17) is 16.3 Å². The van der Waals surface area contributed by atoms with Gasteiger partial charge in [-0.15, -0.1) is 0 Å². The summed E-state index contributed by atoms with van der Waals surface area (Å²) in [5, 5.41) is -1.46. The van der Waals surface area contributed by atoms with Crippen LogP contribution in [0.4, 0.5) is 17.6 Å². The van der Waals surface area contributed by atoms with E-state index in [1.54, 1.807) is 52.0 Å². The zero-order valence-electron chi connectivity index (χ0n) is 17.1. The van der Waals surface area contributed by atoms with Crippen LogP contribution in [0, 0.1) is 30.2 Å². The molecule has 0 radical (unpaired) electrons. The summed E-state index contributed by atoms with van der Waals surface area (Å²) in [5.74, 6) is -9.84. The number of aryl methyl sites for hydroxylation is 1. The third kappa shape index (κ3) is 5.55. The summed E-state index contributed by atoms with van der Waals surface area (Å²) in [6.45, 7) is 4.93. The molecule has 0 aromatic heterocycles. The Morgan fingerprint density at radius 1 is 1.03 bits per heavy atom. The summed E-state index contributed by atoms with van der Waals surface area (Å²) in [6, 6.07) is 6.51. The minimum atomic E-state index is -5.11. The number of sulfonamides is 1. The molecule has 170 valence electrons. The fourth-order valence-corrected chi connectivity index (χ4v) is 4.59. The first-order valence-corrected chi connectivity index (χ1v) is 10.8. The predicted octanol–water partition coefficient (Wildman–Crippen LogP) is 4.74. The first-order valence-electron chi connectivity index (χ1n) is 8.94. The Morgan fingerprint density at radius 3 is 2.13 bits per heavy atom. The van der Waals surface area contributed by atoms with Crippen LogP contribution in [0.1, 0.15) is 31.9 Å². The van der Waals surface area contributed by atoms with Gasteiger partial charge in [0.2, 0.25) is 10.0 Å². The zero-order chi connectivity index (χ0) is 23.7. The molecule has 5 nitrogen and oxygen atoms in total. The third-order valence-corrected chi connectivity index (χ3v) is 6.41. The minimum absolute atomic E-state index is 0.425. The van der Waals surface area contributed by atoms with E-state index in [0.29, 0.717) is 15.4 Å². The Hall–Kier alpha value is -2.17. The molecule has 0 heterocycles. The van der Waals surface area contributed by atoms with Gasteiger partial charge < -0.3 is 4.74 Å². The first-order chi connectivity index (χ1) is 14.2. The van der Waals surface area contributed by atoms with Gasteiger partial charge in [0, 0.05) is 6.54 Å². The number of benzene rings is 2. The maximum Gasteiger partial charge on any atom is 0.321 e. The number of esters is 1. The second kappa shape index (κ2) is 9.13. The summed E-state index contributed by atoms with van der Waals surface area (Å²) in [4.78, 5) is 10.7. The lowest BCUT2D eigenvalue weighted by molar-refractivity contribution is -0.155. The molecular formula is C20H20ClF4NO4S. The molecule has 0 spiro atoms. The average molecular weight is 482 g/mol. The molecule has 0 bridgehead atoms. The topological polar surface area (TPSA) is 63.7 Å². The van der Waals surface area contributed by atoms with Gasteiger partial charge >= 0.3 is 5.97 Å². The highest BCUT2D eigenvalue weighted by Crippen LogP contribution is 2.34. The van der Waals surface area contributed by atoms with Gasteiger partial charge in [0.15, 0.2) is 23.3 Å². The van der Waals surface area contributed by atoms with E-state index in [2.05, 4.69) is 0 Å². The van der Waals surface area contributed by atoms with E-state index in [0.717, 1.165) is 0 Å². The summed E-state index contributed by atoms with van der Waals surface area (Å²) >= 11 is 5.54. The number of rotatable bonds is 6. The molecule has 11 heteroatoms. The van der Waals surface area contributed by atoms with Crippen LogP contribution in [-0.4, -0.2) is 30.8 Å². The molecule has 0 aliphatic heterocycles. The van der Waals surface area contributed by atoms with Crippen LogP contribution in [0.5, 0.6) is 0 Å². The van der Waals surface area contributed by atoms with Gasteiger partial charge in [-0.1, -0.05) is 35.9 Å². The maximum absolute atomic E-state index is 14.4. The van der Waals surface area contributed by atoms with Crippen molar-refractivity contribution in [2.24, 2.45) is 0 Å². The number of carbonyl (C=O) groups is 1. The van der Waals surface area contributed by atoms with Crippen molar-refractivity contribution in [3.63, 3.8) is 0 Å². The molecule has 31 heavy (non-hydrogen) atoms. The van der Waals surface area contributed by atoms with E-state index in [1.165, 1.54) is 0 Å². The lowest BCUT2D eigenvalue weighted by Gasteiger charge is -2.26. The second-order valence-electron chi connectivity index (χ2n) is 7.69. The van der Waals surface area contributed by atoms with Gasteiger partial charge in [-0.25, -0.2) is 26.0 Å². The van der Waals surface area contributed by atoms with Crippen molar-refractivity contribution in [3.8, 4) is 0 Å². The van der Waals surface area contributed by atoms with Crippen LogP contribution in [0.2, 0.25) is 5.02 Å². The summed E-state index contributed by atoms with van der Waals surface area (Å²) < 4.78 is 87.4. The molecular weight excluding hydrogens is 462 g/mol. The Morgan fingerprint density at radius 2 is 1.58 bits per heavy atom. The molecule has 2 aromatic rings. The highest BCUT2D eigenvalue weighted by Gasteiger charge is 2.37. The summed E-state index contributed by atoms with van der Waals surface area (Å²) in [6.07, 6.45) is 0. The maximum atomic E-state index is 14.4. The van der Waals surface area contributed by atoms with Crippen LogP contribution < -0.4 is 0 Å². The number of nitrogens with zero attached hydrogens (tertiary/aromatic N) is 1. The van der Waals surface area contributed by atoms with Crippen LogP contribution >= 0.6 is 11.6 Å².